The number of rotatable bonds is 10. The average Bonchev–Trinajstić information content (AvgIpc) is 2.36. The lowest BCUT2D eigenvalue weighted by atomic mass is 9.86. The second kappa shape index (κ2) is 12.3. The molecule has 1 saturated carbocycles. The molecular weight excluding hydrogens is 427 g/mol. The van der Waals surface area contributed by atoms with E-state index in [0.717, 1.165) is 32.4 Å². The largest absolute Gasteiger partial charge is 0.357 e. The summed E-state index contributed by atoms with van der Waals surface area (Å²) in [4.78, 5) is 4.45. The highest BCUT2D eigenvalue weighted by atomic mass is 127. The Balaban J connectivity index is 0.00000484. The Bertz CT molecular complexity index is 437. The Morgan fingerprint density at radius 3 is 2.48 bits per heavy atom. The van der Waals surface area contributed by atoms with Crippen molar-refractivity contribution in [3.05, 3.63) is 0 Å². The van der Waals surface area contributed by atoms with Crippen LogP contribution >= 0.6 is 24.0 Å². The summed E-state index contributed by atoms with van der Waals surface area (Å²) in [7, 11) is -3.19. The summed E-state index contributed by atoms with van der Waals surface area (Å²) in [6, 6.07) is 0. The zero-order valence-electron chi connectivity index (χ0n) is 14.6. The molecule has 1 aliphatic rings. The second-order valence-electron chi connectivity index (χ2n) is 6.33. The van der Waals surface area contributed by atoms with E-state index in [2.05, 4.69) is 34.2 Å². The molecule has 0 spiro atoms. The monoisotopic (exact) mass is 460 g/mol. The highest BCUT2D eigenvalue weighted by molar-refractivity contribution is 14.0. The van der Waals surface area contributed by atoms with E-state index in [1.807, 2.05) is 6.92 Å². The maximum atomic E-state index is 11.9. The third-order valence-electron chi connectivity index (χ3n) is 3.80. The minimum atomic E-state index is -3.19. The first-order chi connectivity index (χ1) is 10.4. The van der Waals surface area contributed by atoms with Gasteiger partial charge in [-0.2, -0.15) is 0 Å². The maximum absolute atomic E-state index is 11.9. The van der Waals surface area contributed by atoms with Gasteiger partial charge in [0.2, 0.25) is 10.0 Å². The van der Waals surface area contributed by atoms with Gasteiger partial charge in [-0.05, 0) is 38.0 Å². The standard InChI is InChI=1S/C15H32N4O2S.HI/c1-4-16-15(17-9-8-13(2)3)18-10-11-22(20,21)19-12-14-6-5-7-14;/h13-14,19H,4-12H2,1-3H3,(H2,16,17,18);1H. The fraction of sp³-hybridized carbons (Fsp3) is 0.933. The predicted molar refractivity (Wildman–Crippen MR) is 108 cm³/mol. The number of hydrogen-bond donors (Lipinski definition) is 3. The highest BCUT2D eigenvalue weighted by Crippen LogP contribution is 2.25. The number of halogens is 1. The third-order valence-corrected chi connectivity index (χ3v) is 5.15. The lowest BCUT2D eigenvalue weighted by molar-refractivity contribution is 0.316. The smallest absolute Gasteiger partial charge is 0.213 e. The first kappa shape index (κ1) is 22.9. The molecule has 1 fully saturated rings. The van der Waals surface area contributed by atoms with Crippen LogP contribution in [0.4, 0.5) is 0 Å². The van der Waals surface area contributed by atoms with Crippen molar-refractivity contribution in [1.82, 2.24) is 15.4 Å². The summed E-state index contributed by atoms with van der Waals surface area (Å²) in [5.74, 6) is 1.92. The van der Waals surface area contributed by atoms with Gasteiger partial charge in [0.15, 0.2) is 5.96 Å². The molecule has 8 heteroatoms. The first-order valence-corrected chi connectivity index (χ1v) is 10.1. The summed E-state index contributed by atoms with van der Waals surface area (Å²) in [5.41, 5.74) is 0. The molecule has 1 rings (SSSR count). The van der Waals surface area contributed by atoms with E-state index >= 15 is 0 Å². The van der Waals surface area contributed by atoms with Crippen molar-refractivity contribution >= 4 is 40.0 Å². The van der Waals surface area contributed by atoms with Gasteiger partial charge in [-0.25, -0.2) is 13.1 Å². The Labute approximate surface area is 158 Å². The zero-order valence-corrected chi connectivity index (χ0v) is 17.7. The lowest BCUT2D eigenvalue weighted by Crippen LogP contribution is -2.42. The van der Waals surface area contributed by atoms with Gasteiger partial charge in [-0.3, -0.25) is 4.99 Å². The Hall–Kier alpha value is -0.0900. The molecule has 0 saturated heterocycles. The lowest BCUT2D eigenvalue weighted by Gasteiger charge is -2.25. The molecule has 0 amide bonds. The summed E-state index contributed by atoms with van der Waals surface area (Å²) < 4.78 is 26.5. The molecule has 138 valence electrons. The van der Waals surface area contributed by atoms with Crippen LogP contribution in [-0.4, -0.2) is 46.3 Å². The number of nitrogens with zero attached hydrogens (tertiary/aromatic N) is 1. The van der Waals surface area contributed by atoms with Gasteiger partial charge < -0.3 is 10.6 Å². The zero-order chi connectivity index (χ0) is 16.4. The fourth-order valence-corrected chi connectivity index (χ4v) is 3.10. The summed E-state index contributed by atoms with van der Waals surface area (Å²) in [5, 5.41) is 6.22. The van der Waals surface area contributed by atoms with Crippen molar-refractivity contribution < 1.29 is 8.42 Å². The maximum Gasteiger partial charge on any atom is 0.213 e. The van der Waals surface area contributed by atoms with Gasteiger partial charge in [-0.15, -0.1) is 24.0 Å². The summed E-state index contributed by atoms with van der Waals surface area (Å²) in [6.45, 7) is 8.79. The van der Waals surface area contributed by atoms with E-state index in [9.17, 15) is 8.42 Å². The van der Waals surface area contributed by atoms with Crippen LogP contribution in [0, 0.1) is 11.8 Å². The quantitative estimate of drug-likeness (QED) is 0.264. The average molecular weight is 460 g/mol. The topological polar surface area (TPSA) is 82.6 Å². The van der Waals surface area contributed by atoms with Crippen molar-refractivity contribution in [2.24, 2.45) is 16.8 Å². The van der Waals surface area contributed by atoms with Crippen molar-refractivity contribution in [3.8, 4) is 0 Å². The van der Waals surface area contributed by atoms with Crippen molar-refractivity contribution in [2.75, 3.05) is 31.9 Å². The van der Waals surface area contributed by atoms with Crippen LogP contribution in [0.2, 0.25) is 0 Å². The van der Waals surface area contributed by atoms with Crippen LogP contribution in [0.1, 0.15) is 46.5 Å². The molecule has 1 aliphatic carbocycles. The van der Waals surface area contributed by atoms with E-state index in [-0.39, 0.29) is 29.7 Å². The number of guanidine groups is 1. The minimum absolute atomic E-state index is 0. The van der Waals surface area contributed by atoms with Gasteiger partial charge >= 0.3 is 0 Å². The van der Waals surface area contributed by atoms with Crippen LogP contribution in [0.5, 0.6) is 0 Å². The summed E-state index contributed by atoms with van der Waals surface area (Å²) >= 11 is 0. The number of hydrogen-bond acceptors (Lipinski definition) is 3. The molecular formula is C15H33IN4O2S. The van der Waals surface area contributed by atoms with Gasteiger partial charge in [0.1, 0.15) is 0 Å². The molecule has 0 aromatic heterocycles. The fourth-order valence-electron chi connectivity index (χ4n) is 2.09. The van der Waals surface area contributed by atoms with Crippen LogP contribution < -0.4 is 15.4 Å². The third kappa shape index (κ3) is 11.1. The van der Waals surface area contributed by atoms with Crippen LogP contribution in [0.15, 0.2) is 4.99 Å². The van der Waals surface area contributed by atoms with Crippen LogP contribution in [0.25, 0.3) is 0 Å². The molecule has 0 aromatic carbocycles. The van der Waals surface area contributed by atoms with Gasteiger partial charge in [-0.1, -0.05) is 20.3 Å². The van der Waals surface area contributed by atoms with E-state index in [1.54, 1.807) is 0 Å². The van der Waals surface area contributed by atoms with Gasteiger partial charge in [0, 0.05) is 26.2 Å². The minimum Gasteiger partial charge on any atom is -0.357 e. The van der Waals surface area contributed by atoms with Crippen molar-refractivity contribution in [3.63, 3.8) is 0 Å². The normalized spacial score (nSPS) is 15.9. The van der Waals surface area contributed by atoms with E-state index in [1.165, 1.54) is 6.42 Å². The van der Waals surface area contributed by atoms with Crippen LogP contribution in [0.3, 0.4) is 0 Å². The molecule has 6 nitrogen and oxygen atoms in total. The van der Waals surface area contributed by atoms with E-state index < -0.39 is 10.0 Å². The molecule has 0 unspecified atom stereocenters. The Morgan fingerprint density at radius 1 is 1.26 bits per heavy atom. The number of nitrogens with one attached hydrogen (secondary N) is 3. The Morgan fingerprint density at radius 2 is 1.96 bits per heavy atom. The SMILES string of the molecule is CCNC(=NCCC(C)C)NCCS(=O)(=O)NCC1CCC1.I. The van der Waals surface area contributed by atoms with Gasteiger partial charge in [0.25, 0.3) is 0 Å². The van der Waals surface area contributed by atoms with Crippen molar-refractivity contribution in [2.45, 2.75) is 46.5 Å². The second-order valence-corrected chi connectivity index (χ2v) is 8.26. The molecule has 0 atom stereocenters. The van der Waals surface area contributed by atoms with Crippen molar-refractivity contribution in [1.29, 1.82) is 0 Å². The molecule has 0 bridgehead atoms. The van der Waals surface area contributed by atoms with Gasteiger partial charge in [0.05, 0.1) is 5.75 Å². The molecule has 0 aromatic rings. The predicted octanol–water partition coefficient (Wildman–Crippen LogP) is 1.93. The van der Waals surface area contributed by atoms with E-state index in [4.69, 9.17) is 0 Å². The van der Waals surface area contributed by atoms with Crippen LogP contribution in [-0.2, 0) is 10.0 Å². The summed E-state index contributed by atoms with van der Waals surface area (Å²) in [6.07, 6.45) is 4.55. The molecule has 0 radical (unpaired) electrons. The molecule has 0 heterocycles. The number of aliphatic imine (C=N–C) groups is 1. The molecule has 23 heavy (non-hydrogen) atoms. The first-order valence-electron chi connectivity index (χ1n) is 8.42. The van der Waals surface area contributed by atoms with E-state index in [0.29, 0.717) is 30.9 Å². The Kier molecular flexibility index (Phi) is 12.2. The molecule has 3 N–H and O–H groups in total. The highest BCUT2D eigenvalue weighted by Gasteiger charge is 2.19. The number of sulfonamides is 1. The molecule has 0 aliphatic heterocycles.